The molecule has 1 aliphatic rings. The molecule has 1 fully saturated rings. The van der Waals surface area contributed by atoms with Crippen molar-refractivity contribution in [3.8, 4) is 5.69 Å². The van der Waals surface area contributed by atoms with E-state index in [-0.39, 0.29) is 18.3 Å². The third-order valence-corrected chi connectivity index (χ3v) is 5.71. The van der Waals surface area contributed by atoms with Gasteiger partial charge in [-0.2, -0.15) is 9.78 Å². The van der Waals surface area contributed by atoms with Gasteiger partial charge in [0.15, 0.2) is 0 Å². The molecule has 1 atom stereocenters. The van der Waals surface area contributed by atoms with Crippen molar-refractivity contribution in [1.82, 2.24) is 19.7 Å². The molecule has 8 heteroatoms. The highest BCUT2D eigenvalue weighted by Gasteiger charge is 2.22. The first-order chi connectivity index (χ1) is 15.4. The van der Waals surface area contributed by atoms with Gasteiger partial charge < -0.3 is 10.1 Å². The number of hydrogen-bond donors (Lipinski definition) is 1. The maximum Gasteiger partial charge on any atom is 0.352 e. The predicted octanol–water partition coefficient (Wildman–Crippen LogP) is 1.97. The standard InChI is InChI=1S/C24H26N4O4/c1-16-10-11-19(13-17(16)2)28-24(31)27(15-18-7-4-3-5-8-18)23(30)21(26-28)22(29)25-14-20-9-6-12-32-20/h3-5,7-8,10-11,13,20H,6,9,12,14-15H2,1-2H3,(H,25,29)/t20-/m1/s1. The molecule has 1 amide bonds. The second kappa shape index (κ2) is 9.32. The van der Waals surface area contributed by atoms with Crippen LogP contribution >= 0.6 is 0 Å². The number of hydrogen-bond acceptors (Lipinski definition) is 5. The largest absolute Gasteiger partial charge is 0.376 e. The smallest absolute Gasteiger partial charge is 0.352 e. The number of rotatable bonds is 6. The molecule has 8 nitrogen and oxygen atoms in total. The monoisotopic (exact) mass is 434 g/mol. The van der Waals surface area contributed by atoms with Gasteiger partial charge in [0.2, 0.25) is 5.69 Å². The lowest BCUT2D eigenvalue weighted by Gasteiger charge is -2.14. The number of nitrogens with zero attached hydrogens (tertiary/aromatic N) is 3. The van der Waals surface area contributed by atoms with E-state index in [0.29, 0.717) is 18.8 Å². The Labute approximate surface area is 185 Å². The van der Waals surface area contributed by atoms with E-state index in [4.69, 9.17) is 4.74 Å². The Morgan fingerprint density at radius 2 is 1.91 bits per heavy atom. The maximum absolute atomic E-state index is 13.2. The van der Waals surface area contributed by atoms with Crippen LogP contribution in [0.2, 0.25) is 0 Å². The molecule has 0 radical (unpaired) electrons. The summed E-state index contributed by atoms with van der Waals surface area (Å²) in [7, 11) is 0. The summed E-state index contributed by atoms with van der Waals surface area (Å²) in [6.07, 6.45) is 1.73. The van der Waals surface area contributed by atoms with E-state index in [9.17, 15) is 14.4 Å². The van der Waals surface area contributed by atoms with Crippen molar-refractivity contribution in [2.24, 2.45) is 0 Å². The molecule has 1 saturated heterocycles. The first kappa shape index (κ1) is 21.7. The van der Waals surface area contributed by atoms with E-state index in [1.807, 2.05) is 56.3 Å². The van der Waals surface area contributed by atoms with Gasteiger partial charge in [-0.05, 0) is 55.5 Å². The number of carbonyl (C=O) groups is 1. The van der Waals surface area contributed by atoms with Crippen molar-refractivity contribution in [1.29, 1.82) is 0 Å². The van der Waals surface area contributed by atoms with E-state index in [2.05, 4.69) is 10.4 Å². The van der Waals surface area contributed by atoms with Crippen LogP contribution in [0.3, 0.4) is 0 Å². The summed E-state index contributed by atoms with van der Waals surface area (Å²) in [5, 5.41) is 6.91. The summed E-state index contributed by atoms with van der Waals surface area (Å²) in [5.74, 6) is -0.620. The van der Waals surface area contributed by atoms with Crippen molar-refractivity contribution >= 4 is 5.91 Å². The summed E-state index contributed by atoms with van der Waals surface area (Å²) >= 11 is 0. The van der Waals surface area contributed by atoms with Crippen molar-refractivity contribution in [2.75, 3.05) is 13.2 Å². The van der Waals surface area contributed by atoms with Crippen LogP contribution in [0.15, 0.2) is 58.1 Å². The average Bonchev–Trinajstić information content (AvgIpc) is 3.32. The lowest BCUT2D eigenvalue weighted by molar-refractivity contribution is 0.0849. The van der Waals surface area contributed by atoms with Crippen LogP contribution in [-0.4, -0.2) is 39.5 Å². The fraction of sp³-hybridized carbons (Fsp3) is 0.333. The normalized spacial score (nSPS) is 15.6. The molecule has 1 aromatic heterocycles. The minimum absolute atomic E-state index is 0.0396. The fourth-order valence-corrected chi connectivity index (χ4v) is 3.68. The molecule has 1 N–H and O–H groups in total. The molecule has 0 aliphatic carbocycles. The zero-order chi connectivity index (χ0) is 22.7. The average molecular weight is 434 g/mol. The van der Waals surface area contributed by atoms with Crippen molar-refractivity contribution in [2.45, 2.75) is 39.3 Å². The van der Waals surface area contributed by atoms with Gasteiger partial charge in [0.1, 0.15) is 0 Å². The summed E-state index contributed by atoms with van der Waals surface area (Å²) < 4.78 is 7.71. The van der Waals surface area contributed by atoms with E-state index >= 15 is 0 Å². The van der Waals surface area contributed by atoms with E-state index in [1.54, 1.807) is 6.07 Å². The molecule has 2 heterocycles. The molecule has 2 aromatic carbocycles. The van der Waals surface area contributed by atoms with Crippen molar-refractivity contribution in [3.05, 3.63) is 91.8 Å². The lowest BCUT2D eigenvalue weighted by Crippen LogP contribution is -2.46. The van der Waals surface area contributed by atoms with E-state index < -0.39 is 17.2 Å². The second-order valence-electron chi connectivity index (χ2n) is 8.03. The van der Waals surface area contributed by atoms with Crippen molar-refractivity contribution in [3.63, 3.8) is 0 Å². The van der Waals surface area contributed by atoms with Crippen LogP contribution < -0.4 is 16.6 Å². The predicted molar refractivity (Wildman–Crippen MR) is 120 cm³/mol. The number of ether oxygens (including phenoxy) is 1. The molecule has 0 unspecified atom stereocenters. The molecule has 166 valence electrons. The number of aromatic nitrogens is 3. The van der Waals surface area contributed by atoms with Gasteiger partial charge in [-0.25, -0.2) is 4.79 Å². The van der Waals surface area contributed by atoms with Crippen LogP contribution in [0.5, 0.6) is 0 Å². The Kier molecular flexibility index (Phi) is 6.32. The van der Waals surface area contributed by atoms with Crippen LogP contribution in [0, 0.1) is 13.8 Å². The Balaban J connectivity index is 1.78. The molecule has 0 spiro atoms. The highest BCUT2D eigenvalue weighted by Crippen LogP contribution is 2.12. The topological polar surface area (TPSA) is 95.2 Å². The highest BCUT2D eigenvalue weighted by atomic mass is 16.5. The maximum atomic E-state index is 13.2. The van der Waals surface area contributed by atoms with Gasteiger partial charge in [0.25, 0.3) is 11.5 Å². The van der Waals surface area contributed by atoms with Crippen LogP contribution in [0.4, 0.5) is 0 Å². The minimum atomic E-state index is -0.719. The third kappa shape index (κ3) is 4.55. The quantitative estimate of drug-likeness (QED) is 0.640. The molecule has 4 rings (SSSR count). The minimum Gasteiger partial charge on any atom is -0.376 e. The number of nitrogens with one attached hydrogen (secondary N) is 1. The Hall–Kier alpha value is -3.52. The first-order valence-corrected chi connectivity index (χ1v) is 10.7. The fourth-order valence-electron chi connectivity index (χ4n) is 3.68. The number of amides is 1. The van der Waals surface area contributed by atoms with Gasteiger partial charge in [0, 0.05) is 13.2 Å². The van der Waals surface area contributed by atoms with Gasteiger partial charge in [-0.3, -0.25) is 14.2 Å². The Morgan fingerprint density at radius 1 is 1.12 bits per heavy atom. The molecular formula is C24H26N4O4. The summed E-state index contributed by atoms with van der Waals surface area (Å²) in [4.78, 5) is 39.3. The van der Waals surface area contributed by atoms with Crippen LogP contribution in [0.1, 0.15) is 40.0 Å². The van der Waals surface area contributed by atoms with E-state index in [1.165, 1.54) is 0 Å². The van der Waals surface area contributed by atoms with Crippen LogP contribution in [-0.2, 0) is 11.3 Å². The van der Waals surface area contributed by atoms with E-state index in [0.717, 1.165) is 38.8 Å². The third-order valence-electron chi connectivity index (χ3n) is 5.71. The van der Waals surface area contributed by atoms with Gasteiger partial charge in [-0.1, -0.05) is 36.4 Å². The summed E-state index contributed by atoms with van der Waals surface area (Å²) in [5.41, 5.74) is 1.66. The SMILES string of the molecule is Cc1ccc(-n2nc(C(=O)NC[C@H]3CCCO3)c(=O)n(Cc3ccccc3)c2=O)cc1C. The van der Waals surface area contributed by atoms with Gasteiger partial charge in [-0.15, -0.1) is 0 Å². The molecule has 1 aliphatic heterocycles. The molecule has 0 bridgehead atoms. The summed E-state index contributed by atoms with van der Waals surface area (Å²) in [6.45, 7) is 4.90. The van der Waals surface area contributed by atoms with Gasteiger partial charge >= 0.3 is 5.69 Å². The van der Waals surface area contributed by atoms with Gasteiger partial charge in [0.05, 0.1) is 18.3 Å². The molecule has 3 aromatic rings. The molecule has 0 saturated carbocycles. The lowest BCUT2D eigenvalue weighted by atomic mass is 10.1. The second-order valence-corrected chi connectivity index (χ2v) is 8.03. The number of carbonyl (C=O) groups excluding carboxylic acids is 1. The zero-order valence-corrected chi connectivity index (χ0v) is 18.2. The highest BCUT2D eigenvalue weighted by molar-refractivity contribution is 5.91. The first-order valence-electron chi connectivity index (χ1n) is 10.7. The Morgan fingerprint density at radius 3 is 2.59 bits per heavy atom. The molecule has 32 heavy (non-hydrogen) atoms. The van der Waals surface area contributed by atoms with Crippen molar-refractivity contribution < 1.29 is 9.53 Å². The summed E-state index contributed by atoms with van der Waals surface area (Å²) in [6, 6.07) is 14.6. The van der Waals surface area contributed by atoms with Crippen LogP contribution in [0.25, 0.3) is 5.69 Å². The number of aryl methyl sites for hydroxylation is 2. The molecular weight excluding hydrogens is 408 g/mol. The number of benzene rings is 2. The zero-order valence-electron chi connectivity index (χ0n) is 18.2. The Bertz CT molecular complexity index is 1240.